The summed E-state index contributed by atoms with van der Waals surface area (Å²) in [6.45, 7) is 5.43. The smallest absolute Gasteiger partial charge is 0.191 e. The zero-order chi connectivity index (χ0) is 15.0. The van der Waals surface area contributed by atoms with Crippen LogP contribution in [0.4, 0.5) is 0 Å². The van der Waals surface area contributed by atoms with E-state index >= 15 is 0 Å². The Morgan fingerprint density at radius 1 is 1.38 bits per heavy atom. The zero-order valence-electron chi connectivity index (χ0n) is 13.0. The Kier molecular flexibility index (Phi) is 10.5. The monoisotopic (exact) mass is 434 g/mol. The molecular formula is C12H27IN4O3S. The van der Waals surface area contributed by atoms with Crippen molar-refractivity contribution in [3.63, 3.8) is 0 Å². The van der Waals surface area contributed by atoms with E-state index in [1.165, 1.54) is 0 Å². The number of hydrogen-bond acceptors (Lipinski definition) is 5. The molecule has 0 amide bonds. The maximum absolute atomic E-state index is 11.3. The molecule has 9 heteroatoms. The second kappa shape index (κ2) is 10.6. The average molecular weight is 434 g/mol. The van der Waals surface area contributed by atoms with Gasteiger partial charge in [0.05, 0.1) is 18.1 Å². The van der Waals surface area contributed by atoms with Gasteiger partial charge in [0.2, 0.25) is 0 Å². The van der Waals surface area contributed by atoms with E-state index in [4.69, 9.17) is 4.74 Å². The van der Waals surface area contributed by atoms with E-state index in [-0.39, 0.29) is 41.5 Å². The molecule has 126 valence electrons. The van der Waals surface area contributed by atoms with Crippen molar-refractivity contribution in [3.05, 3.63) is 0 Å². The van der Waals surface area contributed by atoms with Gasteiger partial charge in [0, 0.05) is 46.4 Å². The largest absolute Gasteiger partial charge is 0.383 e. The van der Waals surface area contributed by atoms with Gasteiger partial charge in [0.1, 0.15) is 0 Å². The number of guanidine groups is 1. The highest BCUT2D eigenvalue weighted by Gasteiger charge is 2.20. The lowest BCUT2D eigenvalue weighted by Crippen LogP contribution is -2.48. The molecule has 1 aliphatic rings. The van der Waals surface area contributed by atoms with Gasteiger partial charge >= 0.3 is 0 Å². The summed E-state index contributed by atoms with van der Waals surface area (Å²) in [5, 5.41) is 6.44. The van der Waals surface area contributed by atoms with Gasteiger partial charge in [-0.3, -0.25) is 9.89 Å². The second-order valence-corrected chi connectivity index (χ2v) is 7.30. The SMILES string of the molecule is CN=C(NCCN1CCS(=O)(=O)CC1)NC(C)COC.I. The Morgan fingerprint density at radius 2 is 2.00 bits per heavy atom. The number of sulfone groups is 1. The van der Waals surface area contributed by atoms with E-state index < -0.39 is 9.84 Å². The lowest BCUT2D eigenvalue weighted by Gasteiger charge is -2.27. The summed E-state index contributed by atoms with van der Waals surface area (Å²) < 4.78 is 27.7. The quantitative estimate of drug-likeness (QED) is 0.335. The third-order valence-corrected chi connectivity index (χ3v) is 4.79. The zero-order valence-corrected chi connectivity index (χ0v) is 16.1. The van der Waals surface area contributed by atoms with E-state index in [1.807, 2.05) is 6.92 Å². The molecule has 1 saturated heterocycles. The van der Waals surface area contributed by atoms with Gasteiger partial charge in [-0.15, -0.1) is 24.0 Å². The highest BCUT2D eigenvalue weighted by molar-refractivity contribution is 14.0. The predicted octanol–water partition coefficient (Wildman–Crippen LogP) is -0.465. The Bertz CT molecular complexity index is 403. The fourth-order valence-corrected chi connectivity index (χ4v) is 3.30. The van der Waals surface area contributed by atoms with Crippen molar-refractivity contribution >= 4 is 39.8 Å². The molecule has 21 heavy (non-hydrogen) atoms. The summed E-state index contributed by atoms with van der Waals surface area (Å²) in [7, 11) is 0.594. The summed E-state index contributed by atoms with van der Waals surface area (Å²) >= 11 is 0. The molecule has 1 rings (SSSR count). The summed E-state index contributed by atoms with van der Waals surface area (Å²) in [5.74, 6) is 1.27. The van der Waals surface area contributed by atoms with Crippen LogP contribution in [0.1, 0.15) is 6.92 Å². The van der Waals surface area contributed by atoms with Crippen LogP contribution in [0.15, 0.2) is 4.99 Å². The van der Waals surface area contributed by atoms with Crippen molar-refractivity contribution in [3.8, 4) is 0 Å². The Hall–Kier alpha value is -0.130. The van der Waals surface area contributed by atoms with Gasteiger partial charge in [0.15, 0.2) is 15.8 Å². The molecule has 1 unspecified atom stereocenters. The number of methoxy groups -OCH3 is 1. The molecule has 0 spiro atoms. The number of halogens is 1. The molecular weight excluding hydrogens is 407 g/mol. The molecule has 2 N–H and O–H groups in total. The van der Waals surface area contributed by atoms with E-state index in [9.17, 15) is 8.42 Å². The Labute approximate surface area is 144 Å². The minimum absolute atomic E-state index is 0. The molecule has 7 nitrogen and oxygen atoms in total. The van der Waals surface area contributed by atoms with Crippen LogP contribution in [0, 0.1) is 0 Å². The van der Waals surface area contributed by atoms with Crippen LogP contribution >= 0.6 is 24.0 Å². The number of aliphatic imine (C=N–C) groups is 1. The predicted molar refractivity (Wildman–Crippen MR) is 96.3 cm³/mol. The second-order valence-electron chi connectivity index (χ2n) is 4.99. The molecule has 0 aliphatic carbocycles. The highest BCUT2D eigenvalue weighted by Crippen LogP contribution is 2.02. The third kappa shape index (κ3) is 8.79. The van der Waals surface area contributed by atoms with Crippen LogP contribution in [0.25, 0.3) is 0 Å². The lowest BCUT2D eigenvalue weighted by molar-refractivity contribution is 0.179. The molecule has 1 fully saturated rings. The molecule has 1 atom stereocenters. The fourth-order valence-electron chi connectivity index (χ4n) is 2.03. The van der Waals surface area contributed by atoms with Crippen molar-refractivity contribution < 1.29 is 13.2 Å². The summed E-state index contributed by atoms with van der Waals surface area (Å²) in [6.07, 6.45) is 0. The van der Waals surface area contributed by atoms with Crippen LogP contribution in [0.5, 0.6) is 0 Å². The minimum atomic E-state index is -2.80. The van der Waals surface area contributed by atoms with Crippen LogP contribution < -0.4 is 10.6 Å². The molecule has 0 aromatic carbocycles. The Balaban J connectivity index is 0.00000400. The number of ether oxygens (including phenoxy) is 1. The Morgan fingerprint density at radius 3 is 2.52 bits per heavy atom. The molecule has 0 aromatic heterocycles. The van der Waals surface area contributed by atoms with Gasteiger partial charge in [-0.25, -0.2) is 8.42 Å². The minimum Gasteiger partial charge on any atom is -0.383 e. The number of rotatable bonds is 6. The average Bonchev–Trinajstić information content (AvgIpc) is 2.39. The van der Waals surface area contributed by atoms with Crippen molar-refractivity contribution in [1.29, 1.82) is 0 Å². The maximum Gasteiger partial charge on any atom is 0.191 e. The van der Waals surface area contributed by atoms with Gasteiger partial charge in [-0.05, 0) is 6.92 Å². The first kappa shape index (κ1) is 20.9. The first-order valence-corrected chi connectivity index (χ1v) is 8.68. The number of hydrogen-bond donors (Lipinski definition) is 2. The molecule has 0 radical (unpaired) electrons. The number of nitrogens with one attached hydrogen (secondary N) is 2. The van der Waals surface area contributed by atoms with E-state index in [2.05, 4.69) is 20.5 Å². The first-order chi connectivity index (χ1) is 9.46. The van der Waals surface area contributed by atoms with Crippen LogP contribution in [0.3, 0.4) is 0 Å². The van der Waals surface area contributed by atoms with Gasteiger partial charge in [0.25, 0.3) is 0 Å². The standard InChI is InChI=1S/C12H26N4O3S.HI/c1-11(10-19-3)15-12(13-2)14-4-5-16-6-8-20(17,18)9-7-16;/h11H,4-10H2,1-3H3,(H2,13,14,15);1H. The van der Waals surface area contributed by atoms with E-state index in [1.54, 1.807) is 14.2 Å². The van der Waals surface area contributed by atoms with Crippen molar-refractivity contribution in [1.82, 2.24) is 15.5 Å². The summed E-state index contributed by atoms with van der Waals surface area (Å²) in [6, 6.07) is 0.186. The van der Waals surface area contributed by atoms with Crippen molar-refractivity contribution in [2.45, 2.75) is 13.0 Å². The van der Waals surface area contributed by atoms with Crippen LogP contribution in [-0.4, -0.2) is 83.8 Å². The summed E-state index contributed by atoms with van der Waals surface area (Å²) in [4.78, 5) is 6.29. The van der Waals surface area contributed by atoms with Crippen molar-refractivity contribution in [2.24, 2.45) is 4.99 Å². The highest BCUT2D eigenvalue weighted by atomic mass is 127. The molecule has 0 aromatic rings. The topological polar surface area (TPSA) is 83.0 Å². The van der Waals surface area contributed by atoms with Crippen molar-refractivity contribution in [2.75, 3.05) is 58.4 Å². The van der Waals surface area contributed by atoms with Crippen LogP contribution in [0.2, 0.25) is 0 Å². The summed E-state index contributed by atoms with van der Waals surface area (Å²) in [5.41, 5.74) is 0. The first-order valence-electron chi connectivity index (χ1n) is 6.85. The fraction of sp³-hybridized carbons (Fsp3) is 0.917. The molecule has 0 saturated carbocycles. The van der Waals surface area contributed by atoms with Gasteiger partial charge in [-0.1, -0.05) is 0 Å². The van der Waals surface area contributed by atoms with E-state index in [0.717, 1.165) is 19.0 Å². The maximum atomic E-state index is 11.3. The van der Waals surface area contributed by atoms with E-state index in [0.29, 0.717) is 19.7 Å². The molecule has 1 heterocycles. The molecule has 1 aliphatic heterocycles. The lowest BCUT2D eigenvalue weighted by atomic mass is 10.4. The molecule has 0 bridgehead atoms. The van der Waals surface area contributed by atoms with Gasteiger partial charge < -0.3 is 15.4 Å². The third-order valence-electron chi connectivity index (χ3n) is 3.18. The van der Waals surface area contributed by atoms with Crippen LogP contribution in [-0.2, 0) is 14.6 Å². The normalized spacial score (nSPS) is 20.4. The van der Waals surface area contributed by atoms with Gasteiger partial charge in [-0.2, -0.15) is 0 Å². The number of nitrogens with zero attached hydrogens (tertiary/aromatic N) is 2.